The summed E-state index contributed by atoms with van der Waals surface area (Å²) in [5.41, 5.74) is 1.78. The molecule has 3 nitrogen and oxygen atoms in total. The minimum Gasteiger partial charge on any atom is -0.389 e. The van der Waals surface area contributed by atoms with Crippen molar-refractivity contribution in [3.8, 4) is 0 Å². The van der Waals surface area contributed by atoms with Crippen LogP contribution in [-0.2, 0) is 0 Å². The normalized spacial score (nSPS) is 15.1. The average molecular weight is 195 g/mol. The molecule has 0 saturated heterocycles. The zero-order chi connectivity index (χ0) is 10.6. The van der Waals surface area contributed by atoms with E-state index in [1.54, 1.807) is 7.05 Å². The Kier molecular flexibility index (Phi) is 4.07. The highest BCUT2D eigenvalue weighted by Gasteiger charge is 2.18. The third-order valence-electron chi connectivity index (χ3n) is 2.28. The summed E-state index contributed by atoms with van der Waals surface area (Å²) in [6.07, 6.45) is -1.58. The number of benzene rings is 1. The van der Waals surface area contributed by atoms with Gasteiger partial charge < -0.3 is 15.5 Å². The zero-order valence-corrected chi connectivity index (χ0v) is 8.57. The topological polar surface area (TPSA) is 52.5 Å². The number of aryl methyl sites for hydroxylation is 1. The van der Waals surface area contributed by atoms with E-state index in [1.807, 2.05) is 31.2 Å². The van der Waals surface area contributed by atoms with Crippen molar-refractivity contribution in [3.05, 3.63) is 35.4 Å². The van der Waals surface area contributed by atoms with E-state index in [2.05, 4.69) is 5.32 Å². The van der Waals surface area contributed by atoms with Crippen LogP contribution in [0.2, 0.25) is 0 Å². The summed E-state index contributed by atoms with van der Waals surface area (Å²) in [4.78, 5) is 0. The van der Waals surface area contributed by atoms with Crippen LogP contribution in [-0.4, -0.2) is 29.9 Å². The highest BCUT2D eigenvalue weighted by molar-refractivity contribution is 5.28. The molecule has 0 aliphatic rings. The third-order valence-corrected chi connectivity index (χ3v) is 2.28. The average Bonchev–Trinajstić information content (AvgIpc) is 2.18. The van der Waals surface area contributed by atoms with Crippen molar-refractivity contribution in [3.63, 3.8) is 0 Å². The number of hydrogen-bond donors (Lipinski definition) is 3. The molecule has 3 heteroatoms. The molecule has 0 aliphatic heterocycles. The quantitative estimate of drug-likeness (QED) is 0.659. The Labute approximate surface area is 84.4 Å². The molecule has 78 valence electrons. The van der Waals surface area contributed by atoms with Crippen LogP contribution in [0.4, 0.5) is 0 Å². The maximum absolute atomic E-state index is 9.81. The molecule has 0 spiro atoms. The highest BCUT2D eigenvalue weighted by atomic mass is 16.3. The molecule has 0 amide bonds. The fourth-order valence-electron chi connectivity index (χ4n) is 1.45. The van der Waals surface area contributed by atoms with E-state index in [-0.39, 0.29) is 0 Å². The first-order valence-electron chi connectivity index (χ1n) is 4.73. The molecule has 3 N–H and O–H groups in total. The van der Waals surface area contributed by atoms with Gasteiger partial charge in [-0.25, -0.2) is 0 Å². The van der Waals surface area contributed by atoms with E-state index < -0.39 is 12.2 Å². The lowest BCUT2D eigenvalue weighted by Gasteiger charge is -2.19. The Hall–Kier alpha value is -0.900. The van der Waals surface area contributed by atoms with Crippen molar-refractivity contribution in [1.29, 1.82) is 0 Å². The monoisotopic (exact) mass is 195 g/mol. The van der Waals surface area contributed by atoms with Crippen molar-refractivity contribution in [2.24, 2.45) is 0 Å². The van der Waals surface area contributed by atoms with Gasteiger partial charge in [0.1, 0.15) is 6.10 Å². The van der Waals surface area contributed by atoms with Crippen LogP contribution >= 0.6 is 0 Å². The number of aliphatic hydroxyl groups is 2. The number of hydrogen-bond acceptors (Lipinski definition) is 3. The van der Waals surface area contributed by atoms with Gasteiger partial charge in [-0.1, -0.05) is 24.3 Å². The summed E-state index contributed by atoms with van der Waals surface area (Å²) in [5, 5.41) is 22.2. The fourth-order valence-corrected chi connectivity index (χ4v) is 1.45. The molecule has 0 aromatic heterocycles. The molecule has 0 radical (unpaired) electrons. The molecule has 1 aromatic rings. The van der Waals surface area contributed by atoms with E-state index in [0.29, 0.717) is 6.54 Å². The molecule has 1 aromatic carbocycles. The van der Waals surface area contributed by atoms with Gasteiger partial charge in [0.2, 0.25) is 0 Å². The lowest BCUT2D eigenvalue weighted by molar-refractivity contribution is 0.0199. The zero-order valence-electron chi connectivity index (χ0n) is 8.57. The second-order valence-corrected chi connectivity index (χ2v) is 3.43. The smallest absolute Gasteiger partial charge is 0.106 e. The minimum absolute atomic E-state index is 0.384. The van der Waals surface area contributed by atoms with Gasteiger partial charge in [0.15, 0.2) is 0 Å². The molecule has 2 atom stereocenters. The van der Waals surface area contributed by atoms with Crippen LogP contribution in [0, 0.1) is 6.92 Å². The van der Waals surface area contributed by atoms with Crippen LogP contribution in [0.5, 0.6) is 0 Å². The predicted molar refractivity (Wildman–Crippen MR) is 56.1 cm³/mol. The first kappa shape index (κ1) is 11.2. The maximum Gasteiger partial charge on any atom is 0.106 e. The summed E-state index contributed by atoms with van der Waals surface area (Å²) in [6.45, 7) is 2.31. The van der Waals surface area contributed by atoms with E-state index >= 15 is 0 Å². The molecule has 0 saturated carbocycles. The van der Waals surface area contributed by atoms with Gasteiger partial charge >= 0.3 is 0 Å². The van der Waals surface area contributed by atoms with Crippen molar-refractivity contribution in [2.75, 3.05) is 13.6 Å². The number of rotatable bonds is 4. The molecule has 0 heterocycles. The van der Waals surface area contributed by atoms with Crippen LogP contribution in [0.1, 0.15) is 17.2 Å². The lowest BCUT2D eigenvalue weighted by Crippen LogP contribution is -2.29. The molecule has 0 fully saturated rings. The second-order valence-electron chi connectivity index (χ2n) is 3.43. The Balaban J connectivity index is 2.78. The summed E-state index contributed by atoms with van der Waals surface area (Å²) in [6, 6.07) is 7.52. The number of nitrogens with one attached hydrogen (secondary N) is 1. The predicted octanol–water partition coefficient (Wildman–Crippen LogP) is 0.609. The van der Waals surface area contributed by atoms with Crippen molar-refractivity contribution < 1.29 is 10.2 Å². The Morgan fingerprint density at radius 2 is 1.93 bits per heavy atom. The Morgan fingerprint density at radius 1 is 1.29 bits per heavy atom. The molecular weight excluding hydrogens is 178 g/mol. The molecule has 0 aliphatic carbocycles. The SMILES string of the molecule is CNCC(O)C(O)c1ccccc1C. The van der Waals surface area contributed by atoms with Gasteiger partial charge in [-0.15, -0.1) is 0 Å². The highest BCUT2D eigenvalue weighted by Crippen LogP contribution is 2.19. The van der Waals surface area contributed by atoms with E-state index in [9.17, 15) is 10.2 Å². The molecule has 2 unspecified atom stereocenters. The standard InChI is InChI=1S/C11H17NO2/c1-8-5-3-4-6-9(8)11(14)10(13)7-12-2/h3-6,10-14H,7H2,1-2H3. The van der Waals surface area contributed by atoms with Gasteiger partial charge in [-0.2, -0.15) is 0 Å². The lowest BCUT2D eigenvalue weighted by atomic mass is 9.99. The van der Waals surface area contributed by atoms with Crippen molar-refractivity contribution in [2.45, 2.75) is 19.1 Å². The van der Waals surface area contributed by atoms with Gasteiger partial charge in [-0.05, 0) is 25.1 Å². The number of likely N-dealkylation sites (N-methyl/N-ethyl adjacent to an activating group) is 1. The van der Waals surface area contributed by atoms with Crippen molar-refractivity contribution in [1.82, 2.24) is 5.32 Å². The van der Waals surface area contributed by atoms with E-state index in [4.69, 9.17) is 0 Å². The van der Waals surface area contributed by atoms with Gasteiger partial charge in [0.25, 0.3) is 0 Å². The Bertz CT molecular complexity index is 288. The van der Waals surface area contributed by atoms with Crippen LogP contribution < -0.4 is 5.32 Å². The summed E-state index contributed by atoms with van der Waals surface area (Å²) >= 11 is 0. The molecule has 1 rings (SSSR count). The summed E-state index contributed by atoms with van der Waals surface area (Å²) in [7, 11) is 1.74. The summed E-state index contributed by atoms with van der Waals surface area (Å²) in [5.74, 6) is 0. The van der Waals surface area contributed by atoms with E-state index in [1.165, 1.54) is 0 Å². The largest absolute Gasteiger partial charge is 0.389 e. The van der Waals surface area contributed by atoms with Gasteiger partial charge in [0.05, 0.1) is 6.10 Å². The molecular formula is C11H17NO2. The third kappa shape index (κ3) is 2.54. The first-order chi connectivity index (χ1) is 6.66. The van der Waals surface area contributed by atoms with Crippen LogP contribution in [0.3, 0.4) is 0 Å². The van der Waals surface area contributed by atoms with Crippen LogP contribution in [0.25, 0.3) is 0 Å². The van der Waals surface area contributed by atoms with Gasteiger partial charge in [0, 0.05) is 6.54 Å². The maximum atomic E-state index is 9.81. The second kappa shape index (κ2) is 5.10. The molecule has 0 bridgehead atoms. The van der Waals surface area contributed by atoms with Crippen molar-refractivity contribution >= 4 is 0 Å². The fraction of sp³-hybridized carbons (Fsp3) is 0.455. The number of aliphatic hydroxyl groups excluding tert-OH is 2. The van der Waals surface area contributed by atoms with Crippen LogP contribution in [0.15, 0.2) is 24.3 Å². The molecule has 14 heavy (non-hydrogen) atoms. The Morgan fingerprint density at radius 3 is 2.50 bits per heavy atom. The van der Waals surface area contributed by atoms with E-state index in [0.717, 1.165) is 11.1 Å². The van der Waals surface area contributed by atoms with Gasteiger partial charge in [-0.3, -0.25) is 0 Å². The first-order valence-corrected chi connectivity index (χ1v) is 4.73. The minimum atomic E-state index is -0.816. The summed E-state index contributed by atoms with van der Waals surface area (Å²) < 4.78 is 0.